The number of rotatable bonds is 5. The van der Waals surface area contributed by atoms with Crippen molar-refractivity contribution in [2.24, 2.45) is 11.8 Å². The number of allylic oxidation sites excluding steroid dienone is 3. The minimum atomic E-state index is -1.00. The van der Waals surface area contributed by atoms with Crippen LogP contribution in [0.2, 0.25) is 0 Å². The molecule has 3 atom stereocenters. The van der Waals surface area contributed by atoms with Gasteiger partial charge in [-0.2, -0.15) is 0 Å². The van der Waals surface area contributed by atoms with Gasteiger partial charge in [-0.15, -0.1) is 0 Å². The predicted octanol–water partition coefficient (Wildman–Crippen LogP) is 3.39. The number of nitrogens with one attached hydrogen (secondary N) is 1. The molecular weight excluding hydrogens is 389 g/mol. The summed E-state index contributed by atoms with van der Waals surface area (Å²) in [5.41, 5.74) is 1.72. The normalized spacial score (nSPS) is 23.6. The van der Waals surface area contributed by atoms with E-state index in [1.807, 2.05) is 6.92 Å². The SMILES string of the molecule is CCCOC(=O)C1=C(C)NC2=C(C(=O)[C@@H](C(=O)OC)[C@@H](C)C2)[C@@H]1c1ccccc1F. The summed E-state index contributed by atoms with van der Waals surface area (Å²) in [4.78, 5) is 38.7. The molecule has 0 unspecified atom stereocenters. The molecule has 1 heterocycles. The number of hydrogen-bond acceptors (Lipinski definition) is 6. The van der Waals surface area contributed by atoms with Crippen molar-refractivity contribution in [2.75, 3.05) is 13.7 Å². The van der Waals surface area contributed by atoms with E-state index in [4.69, 9.17) is 9.47 Å². The molecule has 0 amide bonds. The van der Waals surface area contributed by atoms with Crippen LogP contribution < -0.4 is 5.32 Å². The third-order valence-corrected chi connectivity index (χ3v) is 5.62. The van der Waals surface area contributed by atoms with Gasteiger partial charge in [0.1, 0.15) is 11.7 Å². The lowest BCUT2D eigenvalue weighted by atomic mass is 9.69. The average Bonchev–Trinajstić information content (AvgIpc) is 2.71. The Bertz CT molecular complexity index is 949. The second kappa shape index (κ2) is 8.81. The zero-order valence-corrected chi connectivity index (χ0v) is 17.6. The molecule has 1 aromatic carbocycles. The zero-order valence-electron chi connectivity index (χ0n) is 17.6. The Morgan fingerprint density at radius 2 is 1.97 bits per heavy atom. The standard InChI is InChI=1S/C23H26FNO5/c1-5-10-30-23(28)18-13(3)25-16-11-12(2)17(22(27)29-4)21(26)20(16)19(18)14-8-6-7-9-15(14)24/h6-9,12,17,19,25H,5,10-11H2,1-4H3/t12-,17-,19+/m0/s1. The zero-order chi connectivity index (χ0) is 22.0. The summed E-state index contributed by atoms with van der Waals surface area (Å²) in [6, 6.07) is 6.03. The number of hydrogen-bond donors (Lipinski definition) is 1. The van der Waals surface area contributed by atoms with Crippen molar-refractivity contribution in [1.29, 1.82) is 0 Å². The predicted molar refractivity (Wildman–Crippen MR) is 108 cm³/mol. The number of esters is 2. The highest BCUT2D eigenvalue weighted by Crippen LogP contribution is 2.45. The molecule has 0 fully saturated rings. The third-order valence-electron chi connectivity index (χ3n) is 5.62. The van der Waals surface area contributed by atoms with Crippen LogP contribution in [0.15, 0.2) is 46.8 Å². The quantitative estimate of drug-likeness (QED) is 0.586. The molecule has 2 aliphatic rings. The monoisotopic (exact) mass is 415 g/mol. The molecule has 0 bridgehead atoms. The minimum absolute atomic E-state index is 0.179. The first kappa shape index (κ1) is 21.7. The lowest BCUT2D eigenvalue weighted by molar-refractivity contribution is -0.151. The molecule has 0 spiro atoms. The Kier molecular flexibility index (Phi) is 6.39. The molecule has 0 aromatic heterocycles. The topological polar surface area (TPSA) is 81.7 Å². The number of benzene rings is 1. The van der Waals surface area contributed by atoms with Crippen molar-refractivity contribution in [3.05, 3.63) is 58.2 Å². The Morgan fingerprint density at radius 3 is 2.60 bits per heavy atom. The van der Waals surface area contributed by atoms with Crippen LogP contribution in [0.3, 0.4) is 0 Å². The second-order valence-corrected chi connectivity index (χ2v) is 7.69. The number of ketones is 1. The summed E-state index contributed by atoms with van der Waals surface area (Å²) in [6.45, 7) is 5.59. The van der Waals surface area contributed by atoms with E-state index in [0.29, 0.717) is 24.2 Å². The van der Waals surface area contributed by atoms with E-state index in [1.54, 1.807) is 32.0 Å². The molecule has 1 aliphatic heterocycles. The Hall–Kier alpha value is -2.96. The molecular formula is C23H26FNO5. The van der Waals surface area contributed by atoms with Gasteiger partial charge >= 0.3 is 11.9 Å². The van der Waals surface area contributed by atoms with Gasteiger partial charge in [0.2, 0.25) is 0 Å². The van der Waals surface area contributed by atoms with E-state index in [9.17, 15) is 18.8 Å². The fourth-order valence-corrected chi connectivity index (χ4v) is 4.24. The molecule has 0 saturated carbocycles. The Labute approximate surface area is 175 Å². The number of carbonyl (C=O) groups excluding carboxylic acids is 3. The summed E-state index contributed by atoms with van der Waals surface area (Å²) < 4.78 is 25.0. The summed E-state index contributed by atoms with van der Waals surface area (Å²) in [5, 5.41) is 3.15. The van der Waals surface area contributed by atoms with Crippen LogP contribution in [-0.4, -0.2) is 31.4 Å². The van der Waals surface area contributed by atoms with Gasteiger partial charge in [0.25, 0.3) is 0 Å². The first-order valence-corrected chi connectivity index (χ1v) is 10.1. The van der Waals surface area contributed by atoms with Crippen LogP contribution in [0.25, 0.3) is 0 Å². The molecule has 1 aliphatic carbocycles. The molecule has 3 rings (SSSR count). The van der Waals surface area contributed by atoms with Crippen molar-refractivity contribution < 1.29 is 28.2 Å². The van der Waals surface area contributed by atoms with E-state index in [2.05, 4.69) is 5.32 Å². The lowest BCUT2D eigenvalue weighted by Gasteiger charge is -2.38. The highest BCUT2D eigenvalue weighted by Gasteiger charge is 2.47. The third kappa shape index (κ3) is 3.76. The molecule has 1 N–H and O–H groups in total. The van der Waals surface area contributed by atoms with Gasteiger partial charge in [-0.05, 0) is 31.7 Å². The van der Waals surface area contributed by atoms with Gasteiger partial charge in [-0.25, -0.2) is 9.18 Å². The van der Waals surface area contributed by atoms with E-state index >= 15 is 0 Å². The van der Waals surface area contributed by atoms with Crippen molar-refractivity contribution in [1.82, 2.24) is 5.32 Å². The van der Waals surface area contributed by atoms with Gasteiger partial charge in [0.05, 0.1) is 25.2 Å². The fraction of sp³-hybridized carbons (Fsp3) is 0.435. The number of ether oxygens (including phenoxy) is 2. The average molecular weight is 415 g/mol. The maximum atomic E-state index is 14.9. The first-order chi connectivity index (χ1) is 14.3. The van der Waals surface area contributed by atoms with Crippen LogP contribution in [0, 0.1) is 17.7 Å². The number of methoxy groups -OCH3 is 1. The number of halogens is 1. The molecule has 30 heavy (non-hydrogen) atoms. The molecule has 7 heteroatoms. The molecule has 6 nitrogen and oxygen atoms in total. The summed E-state index contributed by atoms with van der Waals surface area (Å²) in [5.74, 6) is -4.49. The molecule has 0 saturated heterocycles. The highest BCUT2D eigenvalue weighted by molar-refractivity contribution is 6.12. The molecule has 160 valence electrons. The summed E-state index contributed by atoms with van der Waals surface area (Å²) in [6.07, 6.45) is 1.03. The van der Waals surface area contributed by atoms with Crippen molar-refractivity contribution >= 4 is 17.7 Å². The van der Waals surface area contributed by atoms with Crippen LogP contribution in [-0.2, 0) is 23.9 Å². The second-order valence-electron chi connectivity index (χ2n) is 7.69. The van der Waals surface area contributed by atoms with Crippen molar-refractivity contribution in [3.8, 4) is 0 Å². The van der Waals surface area contributed by atoms with Crippen LogP contribution in [0.5, 0.6) is 0 Å². The van der Waals surface area contributed by atoms with Gasteiger partial charge in [0.15, 0.2) is 5.78 Å². The van der Waals surface area contributed by atoms with E-state index in [-0.39, 0.29) is 29.2 Å². The van der Waals surface area contributed by atoms with E-state index < -0.39 is 35.4 Å². The van der Waals surface area contributed by atoms with Crippen molar-refractivity contribution in [3.63, 3.8) is 0 Å². The van der Waals surface area contributed by atoms with E-state index in [0.717, 1.165) is 0 Å². The van der Waals surface area contributed by atoms with Crippen molar-refractivity contribution in [2.45, 2.75) is 39.5 Å². The number of carbonyl (C=O) groups is 3. The molecule has 0 radical (unpaired) electrons. The lowest BCUT2D eigenvalue weighted by Crippen LogP contribution is -2.43. The fourth-order valence-electron chi connectivity index (χ4n) is 4.24. The maximum absolute atomic E-state index is 14.9. The Balaban J connectivity index is 2.18. The van der Waals surface area contributed by atoms with Gasteiger partial charge in [-0.1, -0.05) is 32.0 Å². The van der Waals surface area contributed by atoms with Gasteiger partial charge < -0.3 is 14.8 Å². The first-order valence-electron chi connectivity index (χ1n) is 10.1. The largest absolute Gasteiger partial charge is 0.468 e. The van der Waals surface area contributed by atoms with Crippen LogP contribution in [0.4, 0.5) is 4.39 Å². The summed E-state index contributed by atoms with van der Waals surface area (Å²) >= 11 is 0. The van der Waals surface area contributed by atoms with Crippen LogP contribution >= 0.6 is 0 Å². The molecule has 1 aromatic rings. The smallest absolute Gasteiger partial charge is 0.336 e. The number of dihydropyridines is 1. The highest BCUT2D eigenvalue weighted by atomic mass is 19.1. The van der Waals surface area contributed by atoms with Gasteiger partial charge in [-0.3, -0.25) is 9.59 Å². The number of Topliss-reactive ketones (excluding diaryl/α,β-unsaturated/α-hetero) is 1. The van der Waals surface area contributed by atoms with E-state index in [1.165, 1.54) is 13.2 Å². The van der Waals surface area contributed by atoms with Gasteiger partial charge in [0, 0.05) is 22.5 Å². The maximum Gasteiger partial charge on any atom is 0.336 e. The Morgan fingerprint density at radius 1 is 1.27 bits per heavy atom. The minimum Gasteiger partial charge on any atom is -0.468 e. The van der Waals surface area contributed by atoms with Crippen LogP contribution in [0.1, 0.15) is 45.1 Å². The summed E-state index contributed by atoms with van der Waals surface area (Å²) in [7, 11) is 1.23.